The van der Waals surface area contributed by atoms with Gasteiger partial charge in [0, 0.05) is 11.2 Å². The lowest BCUT2D eigenvalue weighted by atomic mass is 10.1. The quantitative estimate of drug-likeness (QED) is 0.259. The fraction of sp³-hybridized carbons (Fsp3) is 0.222. The zero-order chi connectivity index (χ0) is 26.6. The summed E-state index contributed by atoms with van der Waals surface area (Å²) in [6.45, 7) is 5.76. The molecule has 0 aliphatic rings. The minimum atomic E-state index is -1.01. The average Bonchev–Trinajstić information content (AvgIpc) is 3.24. The fourth-order valence-corrected chi connectivity index (χ4v) is 4.54. The van der Waals surface area contributed by atoms with Crippen LogP contribution < -0.4 is 10.1 Å². The summed E-state index contributed by atoms with van der Waals surface area (Å²) in [5, 5.41) is 13.9. The molecule has 4 aromatic rings. The predicted molar refractivity (Wildman–Crippen MR) is 144 cm³/mol. The fourth-order valence-electron chi connectivity index (χ4n) is 3.43. The van der Waals surface area contributed by atoms with Gasteiger partial charge in [0.1, 0.15) is 35.1 Å². The van der Waals surface area contributed by atoms with Gasteiger partial charge < -0.3 is 15.2 Å². The van der Waals surface area contributed by atoms with Crippen LogP contribution >= 0.6 is 22.9 Å². The molecule has 0 radical (unpaired) electrons. The SMILES string of the molecule is CC(C)(C)N(CC#Cc1cc2c(Nc3ccc(OCc4cccc(F)c4)c(Cl)c3)ncnc2s1)C(=O)O. The van der Waals surface area contributed by atoms with E-state index in [-0.39, 0.29) is 19.0 Å². The van der Waals surface area contributed by atoms with Gasteiger partial charge in [0.2, 0.25) is 0 Å². The molecule has 0 aliphatic heterocycles. The Bertz CT molecular complexity index is 1510. The van der Waals surface area contributed by atoms with Crippen molar-refractivity contribution in [3.63, 3.8) is 0 Å². The molecule has 10 heteroatoms. The van der Waals surface area contributed by atoms with Crippen LogP contribution in [0.2, 0.25) is 5.02 Å². The summed E-state index contributed by atoms with van der Waals surface area (Å²) in [4.78, 5) is 23.0. The lowest BCUT2D eigenvalue weighted by Gasteiger charge is -2.31. The first-order valence-corrected chi connectivity index (χ1v) is 12.5. The zero-order valence-electron chi connectivity index (χ0n) is 20.4. The molecule has 2 N–H and O–H groups in total. The summed E-state index contributed by atoms with van der Waals surface area (Å²) in [6, 6.07) is 13.3. The summed E-state index contributed by atoms with van der Waals surface area (Å²) in [6.07, 6.45) is 0.446. The van der Waals surface area contributed by atoms with Gasteiger partial charge in [-0.3, -0.25) is 4.90 Å². The van der Waals surface area contributed by atoms with Crippen LogP contribution in [0, 0.1) is 17.7 Å². The first kappa shape index (κ1) is 26.2. The van der Waals surface area contributed by atoms with Gasteiger partial charge in [-0.15, -0.1) is 11.3 Å². The summed E-state index contributed by atoms with van der Waals surface area (Å²) in [5.74, 6) is 6.72. The highest BCUT2D eigenvalue weighted by Gasteiger charge is 2.24. The molecule has 0 spiro atoms. The number of nitrogens with zero attached hydrogens (tertiary/aromatic N) is 3. The molecule has 0 saturated heterocycles. The van der Waals surface area contributed by atoms with Gasteiger partial charge in [-0.25, -0.2) is 19.2 Å². The molecule has 2 aromatic heterocycles. The number of aromatic nitrogens is 2. The highest BCUT2D eigenvalue weighted by Crippen LogP contribution is 2.33. The molecule has 7 nitrogen and oxygen atoms in total. The van der Waals surface area contributed by atoms with Crippen molar-refractivity contribution in [3.05, 3.63) is 76.1 Å². The number of carboxylic acid groups (broad SMARTS) is 1. The predicted octanol–water partition coefficient (Wildman–Crippen LogP) is 6.94. The first-order chi connectivity index (χ1) is 17.6. The Balaban J connectivity index is 1.48. The van der Waals surface area contributed by atoms with Crippen molar-refractivity contribution >= 4 is 50.8 Å². The largest absolute Gasteiger partial charge is 0.487 e. The van der Waals surface area contributed by atoms with E-state index in [4.69, 9.17) is 16.3 Å². The van der Waals surface area contributed by atoms with Crippen LogP contribution in [-0.2, 0) is 6.61 Å². The van der Waals surface area contributed by atoms with Crippen LogP contribution in [0.25, 0.3) is 10.2 Å². The van der Waals surface area contributed by atoms with Gasteiger partial charge >= 0.3 is 6.09 Å². The van der Waals surface area contributed by atoms with E-state index in [1.807, 2.05) is 26.8 Å². The molecule has 4 rings (SSSR count). The number of ether oxygens (including phenoxy) is 1. The Labute approximate surface area is 222 Å². The Hall–Kier alpha value is -3.87. The molecular formula is C27H24ClFN4O3S. The van der Waals surface area contributed by atoms with Crippen LogP contribution in [-0.4, -0.2) is 38.2 Å². The maximum Gasteiger partial charge on any atom is 0.408 e. The van der Waals surface area contributed by atoms with Gasteiger partial charge in [-0.05, 0) is 62.7 Å². The summed E-state index contributed by atoms with van der Waals surface area (Å²) >= 11 is 7.82. The van der Waals surface area contributed by atoms with Gasteiger partial charge in [0.05, 0.1) is 21.8 Å². The Morgan fingerprint density at radius 3 is 2.73 bits per heavy atom. The number of nitrogens with one attached hydrogen (secondary N) is 1. The van der Waals surface area contributed by atoms with Crippen molar-refractivity contribution in [2.75, 3.05) is 11.9 Å². The number of halogens is 2. The van der Waals surface area contributed by atoms with Gasteiger partial charge in [0.15, 0.2) is 0 Å². The lowest BCUT2D eigenvalue weighted by Crippen LogP contribution is -2.45. The number of hydrogen-bond acceptors (Lipinski definition) is 6. The Kier molecular flexibility index (Phi) is 7.81. The standard InChI is InChI=1S/C27H24ClFN4O3S/c1-27(2,3)33(26(34)35)11-5-8-20-14-21-24(30-16-31-25(21)37-20)32-19-9-10-23(22(28)13-19)36-15-17-6-4-7-18(29)12-17/h4,6-7,9-10,12-14,16H,11,15H2,1-3H3,(H,34,35)(H,30,31,32). The zero-order valence-corrected chi connectivity index (χ0v) is 22.0. The summed E-state index contributed by atoms with van der Waals surface area (Å²) in [5.41, 5.74) is 0.848. The van der Waals surface area contributed by atoms with Crippen molar-refractivity contribution in [1.29, 1.82) is 0 Å². The normalized spacial score (nSPS) is 11.1. The highest BCUT2D eigenvalue weighted by molar-refractivity contribution is 7.19. The number of fused-ring (bicyclic) bond motifs is 1. The number of carbonyl (C=O) groups is 1. The number of rotatable bonds is 6. The number of anilines is 2. The van der Waals surface area contributed by atoms with Crippen LogP contribution in [0.5, 0.6) is 5.75 Å². The second-order valence-electron chi connectivity index (χ2n) is 9.08. The minimum Gasteiger partial charge on any atom is -0.487 e. The third-order valence-corrected chi connectivity index (χ3v) is 6.55. The highest BCUT2D eigenvalue weighted by atomic mass is 35.5. The molecule has 37 heavy (non-hydrogen) atoms. The Morgan fingerprint density at radius 2 is 2.03 bits per heavy atom. The number of hydrogen-bond donors (Lipinski definition) is 2. The summed E-state index contributed by atoms with van der Waals surface area (Å²) in [7, 11) is 0. The molecule has 0 fully saturated rings. The van der Waals surface area contributed by atoms with Crippen LogP contribution in [0.3, 0.4) is 0 Å². The average molecular weight is 539 g/mol. The topological polar surface area (TPSA) is 87.6 Å². The van der Waals surface area contributed by atoms with Gasteiger partial charge in [0.25, 0.3) is 0 Å². The third-order valence-electron chi connectivity index (χ3n) is 5.30. The molecule has 2 aromatic carbocycles. The summed E-state index contributed by atoms with van der Waals surface area (Å²) < 4.78 is 19.1. The van der Waals surface area contributed by atoms with Crippen molar-refractivity contribution in [2.24, 2.45) is 0 Å². The molecule has 0 bridgehead atoms. The second kappa shape index (κ2) is 11.0. The lowest BCUT2D eigenvalue weighted by molar-refractivity contribution is 0.110. The van der Waals surface area contributed by atoms with E-state index >= 15 is 0 Å². The third kappa shape index (κ3) is 6.67. The van der Waals surface area contributed by atoms with E-state index in [2.05, 4.69) is 27.1 Å². The van der Waals surface area contributed by atoms with E-state index in [1.54, 1.807) is 30.3 Å². The minimum absolute atomic E-state index is 0.0932. The van der Waals surface area contributed by atoms with Crippen molar-refractivity contribution in [2.45, 2.75) is 32.9 Å². The first-order valence-electron chi connectivity index (χ1n) is 11.3. The monoisotopic (exact) mass is 538 g/mol. The molecule has 190 valence electrons. The number of thiophene rings is 1. The molecule has 0 saturated carbocycles. The van der Waals surface area contributed by atoms with Crippen LogP contribution in [0.1, 0.15) is 31.2 Å². The molecule has 0 atom stereocenters. The van der Waals surface area contributed by atoms with E-state index in [0.29, 0.717) is 27.8 Å². The van der Waals surface area contributed by atoms with E-state index in [1.165, 1.54) is 34.7 Å². The number of benzene rings is 2. The van der Waals surface area contributed by atoms with Gasteiger partial charge in [-0.2, -0.15) is 0 Å². The smallest absolute Gasteiger partial charge is 0.408 e. The van der Waals surface area contributed by atoms with Crippen molar-refractivity contribution in [1.82, 2.24) is 14.9 Å². The van der Waals surface area contributed by atoms with E-state index in [0.717, 1.165) is 15.1 Å². The van der Waals surface area contributed by atoms with E-state index < -0.39 is 11.6 Å². The maximum atomic E-state index is 13.4. The molecule has 0 unspecified atom stereocenters. The number of amides is 1. The Morgan fingerprint density at radius 1 is 1.22 bits per heavy atom. The van der Waals surface area contributed by atoms with E-state index in [9.17, 15) is 14.3 Å². The van der Waals surface area contributed by atoms with Crippen LogP contribution in [0.15, 0.2) is 54.9 Å². The van der Waals surface area contributed by atoms with Crippen molar-refractivity contribution < 1.29 is 19.0 Å². The van der Waals surface area contributed by atoms with Crippen molar-refractivity contribution in [3.8, 4) is 17.6 Å². The molecule has 1 amide bonds. The molecule has 2 heterocycles. The maximum absolute atomic E-state index is 13.4. The van der Waals surface area contributed by atoms with Gasteiger partial charge in [-0.1, -0.05) is 35.6 Å². The van der Waals surface area contributed by atoms with Crippen LogP contribution in [0.4, 0.5) is 20.7 Å². The molecular weight excluding hydrogens is 515 g/mol. The second-order valence-corrected chi connectivity index (χ2v) is 10.5. The molecule has 0 aliphatic carbocycles.